The second-order valence-electron chi connectivity index (χ2n) is 10.0. The molecular weight excluding hydrogens is 428 g/mol. The molecule has 0 radical (unpaired) electrons. The lowest BCUT2D eigenvalue weighted by atomic mass is 9.60. The second-order valence-corrected chi connectivity index (χ2v) is 10.0. The van der Waals surface area contributed by atoms with Crippen LogP contribution < -0.4 is 0 Å². The number of benzene rings is 4. The minimum Gasteiger partial charge on any atom is -0.299 e. The van der Waals surface area contributed by atoms with Crippen LogP contribution in [0.15, 0.2) is 121 Å². The average Bonchev–Trinajstić information content (AvgIpc) is 2.88. The number of Topliss-reactive ketones (excluding diaryl/α,β-unsaturated/α-hetero) is 1. The summed E-state index contributed by atoms with van der Waals surface area (Å²) in [6, 6.07) is 42.9. The minimum absolute atomic E-state index is 0.0512. The Labute approximate surface area is 206 Å². The first kappa shape index (κ1) is 20.8. The number of rotatable bonds is 4. The van der Waals surface area contributed by atoms with Crippen LogP contribution in [0, 0.1) is 11.8 Å². The molecule has 3 aliphatic heterocycles. The topological polar surface area (TPSA) is 23.6 Å². The maximum atomic E-state index is 14.7. The molecule has 3 saturated heterocycles. The molecule has 3 aliphatic rings. The summed E-state index contributed by atoms with van der Waals surface area (Å²) in [6.07, 6.45) is 0. The molecule has 7 rings (SSSR count). The monoisotopic (exact) mass is 456 g/mol. The highest BCUT2D eigenvalue weighted by atomic mass is 16.1. The molecule has 0 N–H and O–H groups in total. The van der Waals surface area contributed by atoms with Gasteiger partial charge in [-0.15, -0.1) is 0 Å². The van der Waals surface area contributed by atoms with E-state index in [9.17, 15) is 4.79 Å². The Morgan fingerprint density at radius 2 is 0.686 bits per heavy atom. The van der Waals surface area contributed by atoms with Crippen LogP contribution in [0.3, 0.4) is 0 Å². The molecule has 3 heteroatoms. The fraction of sp³-hybridized carbons (Fsp3) is 0.219. The summed E-state index contributed by atoms with van der Waals surface area (Å²) in [5, 5.41) is 0. The number of fused-ring (bicyclic) bond motifs is 4. The number of hydrogen-bond acceptors (Lipinski definition) is 3. The van der Waals surface area contributed by atoms with Gasteiger partial charge in [0, 0.05) is 24.2 Å². The fourth-order valence-corrected chi connectivity index (χ4v) is 6.89. The van der Waals surface area contributed by atoms with Gasteiger partial charge in [0.1, 0.15) is 5.78 Å². The van der Waals surface area contributed by atoms with Crippen LogP contribution in [0.2, 0.25) is 0 Å². The zero-order chi connectivity index (χ0) is 23.4. The summed E-state index contributed by atoms with van der Waals surface area (Å²) in [5.74, 6) is 0.303. The molecule has 3 nitrogen and oxygen atoms in total. The van der Waals surface area contributed by atoms with Gasteiger partial charge in [-0.25, -0.2) is 0 Å². The van der Waals surface area contributed by atoms with Crippen molar-refractivity contribution in [2.45, 2.75) is 24.2 Å². The Hall–Kier alpha value is -3.53. The normalized spacial score (nSPS) is 33.1. The molecule has 2 unspecified atom stereocenters. The van der Waals surface area contributed by atoms with Crippen molar-refractivity contribution in [1.82, 2.24) is 9.80 Å². The van der Waals surface area contributed by atoms with Crippen molar-refractivity contribution in [1.29, 1.82) is 0 Å². The molecule has 172 valence electrons. The number of carbonyl (C=O) groups excluding carboxylic acids is 1. The van der Waals surface area contributed by atoms with Gasteiger partial charge in [-0.2, -0.15) is 0 Å². The molecule has 3 fully saturated rings. The smallest absolute Gasteiger partial charge is 0.146 e. The minimum atomic E-state index is -0.0512. The lowest BCUT2D eigenvalue weighted by Crippen LogP contribution is -2.69. The van der Waals surface area contributed by atoms with Gasteiger partial charge in [-0.1, -0.05) is 121 Å². The van der Waals surface area contributed by atoms with Crippen molar-refractivity contribution in [3.05, 3.63) is 144 Å². The molecule has 6 atom stereocenters. The molecule has 35 heavy (non-hydrogen) atoms. The lowest BCUT2D eigenvalue weighted by Gasteiger charge is -2.67. The van der Waals surface area contributed by atoms with Crippen molar-refractivity contribution >= 4 is 5.78 Å². The van der Waals surface area contributed by atoms with E-state index in [0.29, 0.717) is 5.78 Å². The van der Waals surface area contributed by atoms with Gasteiger partial charge in [-0.3, -0.25) is 14.6 Å². The maximum Gasteiger partial charge on any atom is 0.146 e. The Morgan fingerprint density at radius 3 is 0.943 bits per heavy atom. The van der Waals surface area contributed by atoms with E-state index in [1.165, 1.54) is 22.3 Å². The molecule has 0 spiro atoms. The SMILES string of the molecule is O=C1C2[C@@H](c3ccccc3)N(CN3[C@@H](c4ccccc4)C1[C@@H]3c1ccccc1)[C@H]2c1ccccc1. The summed E-state index contributed by atoms with van der Waals surface area (Å²) in [7, 11) is 0. The predicted molar refractivity (Wildman–Crippen MR) is 137 cm³/mol. The fourth-order valence-electron chi connectivity index (χ4n) is 6.89. The van der Waals surface area contributed by atoms with Crippen LogP contribution in [-0.4, -0.2) is 22.3 Å². The standard InChI is InChI=1S/C32H28N2O/c35-32-26-28(22-13-5-1-6-14-22)33(29(26)23-15-7-2-8-16-23)21-34-30(24-17-9-3-10-18-24)27(32)31(34)25-19-11-4-12-20-25/h1-20,26-31H,21H2/t26?,28-,29+,30-,31-/m0/s1. The third-order valence-electron chi connectivity index (χ3n) is 8.34. The third-order valence-corrected chi connectivity index (χ3v) is 8.34. The van der Waals surface area contributed by atoms with E-state index in [4.69, 9.17) is 0 Å². The Balaban J connectivity index is 1.36. The molecule has 0 aliphatic carbocycles. The van der Waals surface area contributed by atoms with Gasteiger partial charge < -0.3 is 0 Å². The summed E-state index contributed by atoms with van der Waals surface area (Å²) >= 11 is 0. The molecule has 4 aromatic rings. The van der Waals surface area contributed by atoms with Crippen LogP contribution in [-0.2, 0) is 4.79 Å². The van der Waals surface area contributed by atoms with E-state index in [0.717, 1.165) is 6.67 Å². The zero-order valence-corrected chi connectivity index (χ0v) is 19.5. The van der Waals surface area contributed by atoms with Crippen molar-refractivity contribution in [3.8, 4) is 0 Å². The van der Waals surface area contributed by atoms with Gasteiger partial charge in [0.2, 0.25) is 0 Å². The zero-order valence-electron chi connectivity index (χ0n) is 19.5. The first-order chi connectivity index (χ1) is 17.3. The highest BCUT2D eigenvalue weighted by Gasteiger charge is 2.65. The largest absolute Gasteiger partial charge is 0.299 e. The molecule has 3 heterocycles. The van der Waals surface area contributed by atoms with E-state index >= 15 is 0 Å². The highest BCUT2D eigenvalue weighted by molar-refractivity contribution is 5.89. The van der Waals surface area contributed by atoms with Gasteiger partial charge in [0.05, 0.1) is 18.5 Å². The summed E-state index contributed by atoms with van der Waals surface area (Å²) in [5.41, 5.74) is 4.97. The van der Waals surface area contributed by atoms with E-state index in [-0.39, 0.29) is 36.0 Å². The summed E-state index contributed by atoms with van der Waals surface area (Å²) in [6.45, 7) is 0.832. The van der Waals surface area contributed by atoms with Gasteiger partial charge in [0.15, 0.2) is 0 Å². The Morgan fingerprint density at radius 1 is 0.429 bits per heavy atom. The van der Waals surface area contributed by atoms with Crippen molar-refractivity contribution < 1.29 is 4.79 Å². The molecule has 0 amide bonds. The summed E-state index contributed by atoms with van der Waals surface area (Å²) in [4.78, 5) is 19.8. The first-order valence-corrected chi connectivity index (χ1v) is 12.6. The Bertz CT molecular complexity index is 1130. The van der Waals surface area contributed by atoms with Gasteiger partial charge in [0.25, 0.3) is 0 Å². The number of carbonyl (C=O) groups is 1. The van der Waals surface area contributed by atoms with Crippen LogP contribution in [0.25, 0.3) is 0 Å². The number of hydrogen-bond donors (Lipinski definition) is 0. The summed E-state index contributed by atoms with van der Waals surface area (Å²) < 4.78 is 0. The van der Waals surface area contributed by atoms with Crippen molar-refractivity contribution in [2.24, 2.45) is 11.8 Å². The molecule has 0 aromatic heterocycles. The average molecular weight is 457 g/mol. The molecular formula is C32H28N2O. The molecule has 0 saturated carbocycles. The molecule has 4 bridgehead atoms. The number of ketones is 1. The third kappa shape index (κ3) is 3.16. The Kier molecular flexibility index (Phi) is 4.93. The second kappa shape index (κ2) is 8.30. The van der Waals surface area contributed by atoms with E-state index in [1.807, 2.05) is 0 Å². The van der Waals surface area contributed by atoms with Crippen LogP contribution >= 0.6 is 0 Å². The van der Waals surface area contributed by atoms with Crippen LogP contribution in [0.1, 0.15) is 46.4 Å². The quantitative estimate of drug-likeness (QED) is 0.357. The first-order valence-electron chi connectivity index (χ1n) is 12.6. The highest BCUT2D eigenvalue weighted by Crippen LogP contribution is 2.63. The van der Waals surface area contributed by atoms with Crippen LogP contribution in [0.4, 0.5) is 0 Å². The van der Waals surface area contributed by atoms with Crippen LogP contribution in [0.5, 0.6) is 0 Å². The van der Waals surface area contributed by atoms with E-state index in [1.54, 1.807) is 0 Å². The van der Waals surface area contributed by atoms with Gasteiger partial charge >= 0.3 is 0 Å². The van der Waals surface area contributed by atoms with Crippen molar-refractivity contribution in [2.75, 3.05) is 6.67 Å². The molecule has 4 aromatic carbocycles. The lowest BCUT2D eigenvalue weighted by molar-refractivity contribution is -0.208. The number of nitrogens with zero attached hydrogens (tertiary/aromatic N) is 2. The predicted octanol–water partition coefficient (Wildman–Crippen LogP) is 6.36. The van der Waals surface area contributed by atoms with E-state index in [2.05, 4.69) is 131 Å². The van der Waals surface area contributed by atoms with Crippen molar-refractivity contribution in [3.63, 3.8) is 0 Å². The maximum absolute atomic E-state index is 14.7. The van der Waals surface area contributed by atoms with Gasteiger partial charge in [-0.05, 0) is 22.3 Å². The van der Waals surface area contributed by atoms with E-state index < -0.39 is 0 Å².